The van der Waals surface area contributed by atoms with Crippen LogP contribution in [0.25, 0.3) is 0 Å². The van der Waals surface area contributed by atoms with Crippen LogP contribution in [0, 0.1) is 0 Å². The Bertz CT molecular complexity index is 362. The second-order valence-corrected chi connectivity index (χ2v) is 5.61. The van der Waals surface area contributed by atoms with Gasteiger partial charge in [0.05, 0.1) is 10.0 Å². The summed E-state index contributed by atoms with van der Waals surface area (Å²) in [4.78, 5) is 0. The molecule has 2 nitrogen and oxygen atoms in total. The molecule has 0 unspecified atom stereocenters. The molecule has 0 spiro atoms. The van der Waals surface area contributed by atoms with Crippen LogP contribution >= 0.6 is 34.8 Å². The van der Waals surface area contributed by atoms with Gasteiger partial charge in [-0.1, -0.05) is 61.0 Å². The third kappa shape index (κ3) is 6.71. The fraction of sp³-hybridized carbons (Fsp3) is 0.571. The number of ether oxygens (including phenoxy) is 1. The maximum atomic E-state index is 6.02. The molecule has 5 heteroatoms. The van der Waals surface area contributed by atoms with Gasteiger partial charge in [-0.05, 0) is 25.1 Å². The fourth-order valence-electron chi connectivity index (χ4n) is 1.69. The van der Waals surface area contributed by atoms with Crippen LogP contribution < -0.4 is 10.1 Å². The maximum absolute atomic E-state index is 6.02. The van der Waals surface area contributed by atoms with Crippen LogP contribution in [0.5, 0.6) is 5.75 Å². The van der Waals surface area contributed by atoms with Gasteiger partial charge in [-0.25, -0.2) is 0 Å². The molecule has 0 atom stereocenters. The van der Waals surface area contributed by atoms with E-state index >= 15 is 0 Å². The van der Waals surface area contributed by atoms with Gasteiger partial charge in [0.25, 0.3) is 0 Å². The monoisotopic (exact) mass is 323 g/mol. The average molecular weight is 325 g/mol. The largest absolute Gasteiger partial charge is 0.489 e. The van der Waals surface area contributed by atoms with Crippen molar-refractivity contribution < 1.29 is 4.74 Å². The van der Waals surface area contributed by atoms with E-state index in [1.54, 1.807) is 12.1 Å². The SMILES string of the molecule is CCCCCCNCCOc1c(Cl)cc(Cl)cc1Cl. The smallest absolute Gasteiger partial charge is 0.156 e. The minimum Gasteiger partial charge on any atom is -0.489 e. The first-order valence-corrected chi connectivity index (χ1v) is 7.76. The molecule has 0 saturated heterocycles. The molecule has 1 aromatic rings. The number of unbranched alkanes of at least 4 members (excludes halogenated alkanes) is 3. The standard InChI is InChI=1S/C14H20Cl3NO/c1-2-3-4-5-6-18-7-8-19-14-12(16)9-11(15)10-13(14)17/h9-10,18H,2-8H2,1H3. The van der Waals surface area contributed by atoms with E-state index in [1.165, 1.54) is 25.7 Å². The van der Waals surface area contributed by atoms with E-state index in [4.69, 9.17) is 39.5 Å². The lowest BCUT2D eigenvalue weighted by molar-refractivity contribution is 0.314. The lowest BCUT2D eigenvalue weighted by Crippen LogP contribution is -2.22. The molecule has 1 rings (SSSR count). The van der Waals surface area contributed by atoms with E-state index < -0.39 is 0 Å². The highest BCUT2D eigenvalue weighted by Gasteiger charge is 2.08. The highest BCUT2D eigenvalue weighted by molar-refractivity contribution is 6.40. The number of hydrogen-bond acceptors (Lipinski definition) is 2. The number of benzene rings is 1. The van der Waals surface area contributed by atoms with Crippen molar-refractivity contribution in [3.05, 3.63) is 27.2 Å². The first kappa shape index (κ1) is 16.9. The zero-order valence-corrected chi connectivity index (χ0v) is 13.4. The van der Waals surface area contributed by atoms with Crippen LogP contribution in [-0.4, -0.2) is 19.7 Å². The van der Waals surface area contributed by atoms with Gasteiger partial charge in [0, 0.05) is 11.6 Å². The van der Waals surface area contributed by atoms with Crippen molar-refractivity contribution in [1.29, 1.82) is 0 Å². The summed E-state index contributed by atoms with van der Waals surface area (Å²) in [6.07, 6.45) is 5.04. The zero-order chi connectivity index (χ0) is 14.1. The van der Waals surface area contributed by atoms with E-state index in [0.29, 0.717) is 27.4 Å². The molecule has 0 aliphatic carbocycles. The summed E-state index contributed by atoms with van der Waals surface area (Å²) >= 11 is 17.9. The van der Waals surface area contributed by atoms with Crippen LogP contribution in [0.2, 0.25) is 15.1 Å². The second kappa shape index (κ2) is 9.71. The molecule has 0 aromatic heterocycles. The van der Waals surface area contributed by atoms with Gasteiger partial charge >= 0.3 is 0 Å². The van der Waals surface area contributed by atoms with E-state index in [2.05, 4.69) is 12.2 Å². The van der Waals surface area contributed by atoms with Crippen molar-refractivity contribution in [2.24, 2.45) is 0 Å². The summed E-state index contributed by atoms with van der Waals surface area (Å²) in [5, 5.41) is 4.73. The first-order chi connectivity index (χ1) is 9.15. The molecular formula is C14H20Cl3NO. The maximum Gasteiger partial charge on any atom is 0.156 e. The Morgan fingerprint density at radius 1 is 1.00 bits per heavy atom. The Morgan fingerprint density at radius 2 is 1.68 bits per heavy atom. The second-order valence-electron chi connectivity index (χ2n) is 4.36. The summed E-state index contributed by atoms with van der Waals surface area (Å²) < 4.78 is 5.57. The Morgan fingerprint density at radius 3 is 2.32 bits per heavy atom. The van der Waals surface area contributed by atoms with Crippen LogP contribution in [0.1, 0.15) is 32.6 Å². The molecular weight excluding hydrogens is 305 g/mol. The molecule has 1 N–H and O–H groups in total. The Labute approximate surface area is 130 Å². The van der Waals surface area contributed by atoms with Crippen LogP contribution in [0.4, 0.5) is 0 Å². The van der Waals surface area contributed by atoms with Gasteiger partial charge < -0.3 is 10.1 Å². The number of rotatable bonds is 9. The van der Waals surface area contributed by atoms with Crippen molar-refractivity contribution in [3.63, 3.8) is 0 Å². The molecule has 0 heterocycles. The summed E-state index contributed by atoms with van der Waals surface area (Å²) in [6.45, 7) is 4.54. The third-order valence-corrected chi connectivity index (χ3v) is 3.48. The normalized spacial score (nSPS) is 10.7. The van der Waals surface area contributed by atoms with E-state index in [9.17, 15) is 0 Å². The summed E-state index contributed by atoms with van der Waals surface area (Å²) in [6, 6.07) is 3.25. The number of halogens is 3. The lowest BCUT2D eigenvalue weighted by Gasteiger charge is -2.11. The van der Waals surface area contributed by atoms with Crippen molar-refractivity contribution in [2.45, 2.75) is 32.6 Å². The van der Waals surface area contributed by atoms with Gasteiger partial charge in [0.15, 0.2) is 5.75 Å². The van der Waals surface area contributed by atoms with E-state index in [0.717, 1.165) is 13.1 Å². The zero-order valence-electron chi connectivity index (χ0n) is 11.1. The van der Waals surface area contributed by atoms with Crippen molar-refractivity contribution in [2.75, 3.05) is 19.7 Å². The molecule has 0 aliphatic rings. The van der Waals surface area contributed by atoms with Crippen LogP contribution in [0.3, 0.4) is 0 Å². The van der Waals surface area contributed by atoms with Gasteiger partial charge in [-0.2, -0.15) is 0 Å². The predicted molar refractivity (Wildman–Crippen MR) is 84.0 cm³/mol. The number of hydrogen-bond donors (Lipinski definition) is 1. The van der Waals surface area contributed by atoms with Gasteiger partial charge in [0.2, 0.25) is 0 Å². The van der Waals surface area contributed by atoms with Crippen molar-refractivity contribution in [1.82, 2.24) is 5.32 Å². The first-order valence-electron chi connectivity index (χ1n) is 6.63. The Balaban J connectivity index is 2.19. The van der Waals surface area contributed by atoms with Gasteiger partial charge in [-0.15, -0.1) is 0 Å². The molecule has 0 saturated carbocycles. The minimum absolute atomic E-state index is 0.445. The fourth-order valence-corrected chi connectivity index (χ4v) is 2.62. The molecule has 0 aliphatic heterocycles. The third-order valence-electron chi connectivity index (χ3n) is 2.70. The van der Waals surface area contributed by atoms with Crippen LogP contribution in [0.15, 0.2) is 12.1 Å². The highest BCUT2D eigenvalue weighted by atomic mass is 35.5. The number of nitrogens with one attached hydrogen (secondary N) is 1. The summed E-state index contributed by atoms with van der Waals surface area (Å²) in [5.74, 6) is 0.500. The minimum atomic E-state index is 0.445. The van der Waals surface area contributed by atoms with E-state index in [1.807, 2.05) is 0 Å². The molecule has 108 valence electrons. The average Bonchev–Trinajstić information content (AvgIpc) is 2.35. The van der Waals surface area contributed by atoms with Gasteiger partial charge in [-0.3, -0.25) is 0 Å². The lowest BCUT2D eigenvalue weighted by atomic mass is 10.2. The Kier molecular flexibility index (Phi) is 8.64. The summed E-state index contributed by atoms with van der Waals surface area (Å²) in [5.41, 5.74) is 0. The molecule has 0 bridgehead atoms. The van der Waals surface area contributed by atoms with Crippen molar-refractivity contribution in [3.8, 4) is 5.75 Å². The molecule has 0 radical (unpaired) electrons. The molecule has 0 fully saturated rings. The quantitative estimate of drug-likeness (QED) is 0.631. The van der Waals surface area contributed by atoms with Crippen LogP contribution in [-0.2, 0) is 0 Å². The summed E-state index contributed by atoms with van der Waals surface area (Å²) in [7, 11) is 0. The molecule has 0 amide bonds. The predicted octanol–water partition coefficient (Wildman–Crippen LogP) is 5.20. The topological polar surface area (TPSA) is 21.3 Å². The molecule has 19 heavy (non-hydrogen) atoms. The van der Waals surface area contributed by atoms with Crippen molar-refractivity contribution >= 4 is 34.8 Å². The Hall–Kier alpha value is -0.150. The highest BCUT2D eigenvalue weighted by Crippen LogP contribution is 2.35. The van der Waals surface area contributed by atoms with E-state index in [-0.39, 0.29) is 0 Å². The molecule has 1 aromatic carbocycles. The van der Waals surface area contributed by atoms with Gasteiger partial charge in [0.1, 0.15) is 6.61 Å².